The molecule has 108 valence electrons. The van der Waals surface area contributed by atoms with Crippen molar-refractivity contribution in [1.82, 2.24) is 10.2 Å². The van der Waals surface area contributed by atoms with E-state index in [1.165, 1.54) is 6.07 Å². The van der Waals surface area contributed by atoms with Gasteiger partial charge in [0.05, 0.1) is 4.90 Å². The van der Waals surface area contributed by atoms with Gasteiger partial charge in [-0.15, -0.1) is 0 Å². The maximum absolute atomic E-state index is 12.3. The lowest BCUT2D eigenvalue weighted by Crippen LogP contribution is -2.14. The van der Waals surface area contributed by atoms with Crippen molar-refractivity contribution in [1.29, 1.82) is 0 Å². The number of aromatic nitrogens is 2. The highest BCUT2D eigenvalue weighted by atomic mass is 35.5. The molecule has 5 nitrogen and oxygen atoms in total. The first-order chi connectivity index (χ1) is 9.29. The van der Waals surface area contributed by atoms with Crippen LogP contribution in [0.1, 0.15) is 31.0 Å². The number of halogens is 1. The van der Waals surface area contributed by atoms with E-state index in [-0.39, 0.29) is 16.6 Å². The molecule has 0 saturated heterocycles. The SMILES string of the molecule is Cc1ccc(Cl)cc1S(=O)(=O)Nc1cc(C(C)C)[nH]n1. The lowest BCUT2D eigenvalue weighted by atomic mass is 10.1. The minimum Gasteiger partial charge on any atom is -0.280 e. The summed E-state index contributed by atoms with van der Waals surface area (Å²) in [6.45, 7) is 5.70. The summed E-state index contributed by atoms with van der Waals surface area (Å²) < 4.78 is 27.1. The Bertz CT molecular complexity index is 723. The maximum atomic E-state index is 12.3. The topological polar surface area (TPSA) is 74.8 Å². The number of H-pyrrole nitrogens is 1. The average molecular weight is 314 g/mol. The van der Waals surface area contributed by atoms with Crippen LogP contribution in [0.15, 0.2) is 29.2 Å². The number of rotatable bonds is 4. The molecule has 0 aliphatic rings. The summed E-state index contributed by atoms with van der Waals surface area (Å²) in [7, 11) is -3.70. The smallest absolute Gasteiger partial charge is 0.263 e. The summed E-state index contributed by atoms with van der Waals surface area (Å²) in [5, 5.41) is 7.13. The normalized spacial score (nSPS) is 11.8. The monoisotopic (exact) mass is 313 g/mol. The molecule has 0 radical (unpaired) electrons. The largest absolute Gasteiger partial charge is 0.280 e. The Kier molecular flexibility index (Phi) is 4.06. The van der Waals surface area contributed by atoms with Gasteiger partial charge in [0.2, 0.25) is 0 Å². The van der Waals surface area contributed by atoms with Crippen molar-refractivity contribution in [2.75, 3.05) is 4.72 Å². The molecule has 2 N–H and O–H groups in total. The second-order valence-electron chi connectivity index (χ2n) is 4.88. The van der Waals surface area contributed by atoms with Crippen LogP contribution in [0.2, 0.25) is 5.02 Å². The first kappa shape index (κ1) is 14.9. The minimum absolute atomic E-state index is 0.152. The average Bonchev–Trinajstić information content (AvgIpc) is 2.80. The highest BCUT2D eigenvalue weighted by molar-refractivity contribution is 7.92. The lowest BCUT2D eigenvalue weighted by molar-refractivity contribution is 0.600. The zero-order chi connectivity index (χ0) is 14.9. The second-order valence-corrected chi connectivity index (χ2v) is 6.97. The van der Waals surface area contributed by atoms with Crippen molar-refractivity contribution in [3.8, 4) is 0 Å². The van der Waals surface area contributed by atoms with E-state index in [0.29, 0.717) is 10.6 Å². The molecule has 0 spiro atoms. The van der Waals surface area contributed by atoms with E-state index >= 15 is 0 Å². The van der Waals surface area contributed by atoms with Crippen molar-refractivity contribution in [2.45, 2.75) is 31.6 Å². The van der Waals surface area contributed by atoms with Crippen molar-refractivity contribution in [2.24, 2.45) is 0 Å². The number of benzene rings is 1. The maximum Gasteiger partial charge on any atom is 0.263 e. The van der Waals surface area contributed by atoms with Gasteiger partial charge in [-0.25, -0.2) is 8.42 Å². The predicted molar refractivity (Wildman–Crippen MR) is 79.7 cm³/mol. The quantitative estimate of drug-likeness (QED) is 0.909. The molecule has 7 heteroatoms. The first-order valence-electron chi connectivity index (χ1n) is 6.14. The highest BCUT2D eigenvalue weighted by Crippen LogP contribution is 2.23. The first-order valence-corrected chi connectivity index (χ1v) is 8.00. The van der Waals surface area contributed by atoms with Gasteiger partial charge in [-0.2, -0.15) is 5.10 Å². The molecule has 2 aromatic rings. The van der Waals surface area contributed by atoms with Crippen LogP contribution in [0.5, 0.6) is 0 Å². The number of nitrogens with one attached hydrogen (secondary N) is 2. The molecular formula is C13H16ClN3O2S. The molecule has 0 aliphatic heterocycles. The summed E-state index contributed by atoms with van der Waals surface area (Å²) in [6, 6.07) is 6.43. The molecule has 1 aromatic heterocycles. The fourth-order valence-electron chi connectivity index (χ4n) is 1.74. The van der Waals surface area contributed by atoms with Crippen molar-refractivity contribution < 1.29 is 8.42 Å². The molecule has 0 unspecified atom stereocenters. The van der Waals surface area contributed by atoms with E-state index in [9.17, 15) is 8.42 Å². The van der Waals surface area contributed by atoms with E-state index < -0.39 is 10.0 Å². The number of aromatic amines is 1. The van der Waals surface area contributed by atoms with Gasteiger partial charge in [-0.05, 0) is 30.5 Å². The highest BCUT2D eigenvalue weighted by Gasteiger charge is 2.19. The van der Waals surface area contributed by atoms with E-state index in [2.05, 4.69) is 14.9 Å². The predicted octanol–water partition coefficient (Wildman–Crippen LogP) is 3.30. The third kappa shape index (κ3) is 3.13. The van der Waals surface area contributed by atoms with Crippen LogP contribution in [-0.4, -0.2) is 18.6 Å². The Balaban J connectivity index is 2.33. The zero-order valence-corrected chi connectivity index (χ0v) is 13.0. The van der Waals surface area contributed by atoms with E-state index in [4.69, 9.17) is 11.6 Å². The number of hydrogen-bond donors (Lipinski definition) is 2. The number of hydrogen-bond acceptors (Lipinski definition) is 3. The molecule has 2 rings (SSSR count). The molecule has 1 heterocycles. The zero-order valence-electron chi connectivity index (χ0n) is 11.4. The molecule has 20 heavy (non-hydrogen) atoms. The Morgan fingerprint density at radius 3 is 2.60 bits per heavy atom. The number of aryl methyl sites for hydroxylation is 1. The number of anilines is 1. The second kappa shape index (κ2) is 5.46. The van der Waals surface area contributed by atoms with Gasteiger partial charge >= 0.3 is 0 Å². The van der Waals surface area contributed by atoms with Crippen LogP contribution in [0, 0.1) is 6.92 Å². The van der Waals surface area contributed by atoms with Gasteiger partial charge in [0.1, 0.15) is 0 Å². The van der Waals surface area contributed by atoms with E-state index in [1.54, 1.807) is 25.1 Å². The van der Waals surface area contributed by atoms with Crippen molar-refractivity contribution >= 4 is 27.4 Å². The summed E-state index contributed by atoms with van der Waals surface area (Å²) in [5.74, 6) is 0.515. The fourth-order valence-corrected chi connectivity index (χ4v) is 3.24. The fraction of sp³-hybridized carbons (Fsp3) is 0.308. The van der Waals surface area contributed by atoms with Gasteiger partial charge in [0.15, 0.2) is 5.82 Å². The standard InChI is InChI=1S/C13H16ClN3O2S/c1-8(2)11-7-13(16-15-11)17-20(18,19)12-6-10(14)5-4-9(12)3/h4-8H,1-3H3,(H2,15,16,17). The molecule has 0 saturated carbocycles. The van der Waals surface area contributed by atoms with Crippen LogP contribution in [0.4, 0.5) is 5.82 Å². The van der Waals surface area contributed by atoms with Crippen LogP contribution >= 0.6 is 11.6 Å². The Labute approximate surface area is 123 Å². The number of nitrogens with zero attached hydrogens (tertiary/aromatic N) is 1. The van der Waals surface area contributed by atoms with Crippen LogP contribution < -0.4 is 4.72 Å². The van der Waals surface area contributed by atoms with Gasteiger partial charge < -0.3 is 0 Å². The molecule has 1 aromatic carbocycles. The third-order valence-corrected chi connectivity index (χ3v) is 4.63. The van der Waals surface area contributed by atoms with Crippen LogP contribution in [-0.2, 0) is 10.0 Å². The molecular weight excluding hydrogens is 298 g/mol. The minimum atomic E-state index is -3.70. The van der Waals surface area contributed by atoms with Gasteiger partial charge in [0, 0.05) is 16.8 Å². The summed E-state index contributed by atoms with van der Waals surface area (Å²) in [4.78, 5) is 0.152. The van der Waals surface area contributed by atoms with Gasteiger partial charge in [0.25, 0.3) is 10.0 Å². The van der Waals surface area contributed by atoms with Gasteiger partial charge in [-0.1, -0.05) is 31.5 Å². The van der Waals surface area contributed by atoms with Crippen LogP contribution in [0.25, 0.3) is 0 Å². The summed E-state index contributed by atoms with van der Waals surface area (Å²) in [6.07, 6.45) is 0. The molecule has 0 fully saturated rings. The molecule has 0 aliphatic carbocycles. The summed E-state index contributed by atoms with van der Waals surface area (Å²) >= 11 is 5.86. The van der Waals surface area contributed by atoms with E-state index in [1.807, 2.05) is 13.8 Å². The Morgan fingerprint density at radius 2 is 2.00 bits per heavy atom. The molecule has 0 amide bonds. The van der Waals surface area contributed by atoms with Gasteiger partial charge in [-0.3, -0.25) is 9.82 Å². The lowest BCUT2D eigenvalue weighted by Gasteiger charge is -2.08. The molecule has 0 atom stereocenters. The van der Waals surface area contributed by atoms with E-state index in [0.717, 1.165) is 5.69 Å². The number of sulfonamides is 1. The third-order valence-electron chi connectivity index (χ3n) is 2.90. The Hall–Kier alpha value is -1.53. The summed E-state index contributed by atoms with van der Waals surface area (Å²) in [5.41, 5.74) is 1.49. The van der Waals surface area contributed by atoms with Crippen LogP contribution in [0.3, 0.4) is 0 Å². The van der Waals surface area contributed by atoms with Crippen molar-refractivity contribution in [3.05, 3.63) is 40.5 Å². The molecule has 0 bridgehead atoms. The Morgan fingerprint density at radius 1 is 1.30 bits per heavy atom. The van der Waals surface area contributed by atoms with Crippen molar-refractivity contribution in [3.63, 3.8) is 0 Å².